The van der Waals surface area contributed by atoms with Gasteiger partial charge >= 0.3 is 0 Å². The molecule has 0 spiro atoms. The van der Waals surface area contributed by atoms with E-state index in [1.165, 1.54) is 12.1 Å². The number of hydrogen-bond acceptors (Lipinski definition) is 5. The van der Waals surface area contributed by atoms with Gasteiger partial charge in [-0.15, -0.1) is 0 Å². The molecule has 1 aromatic carbocycles. The monoisotopic (exact) mass is 281 g/mol. The van der Waals surface area contributed by atoms with Crippen LogP contribution in [0.25, 0.3) is 0 Å². The number of rotatable bonds is 8. The molecule has 0 heterocycles. The van der Waals surface area contributed by atoms with Gasteiger partial charge in [0, 0.05) is 31.8 Å². The summed E-state index contributed by atoms with van der Waals surface area (Å²) in [5.74, 6) is -0.307. The molecule has 0 aliphatic rings. The fourth-order valence-corrected chi connectivity index (χ4v) is 1.60. The summed E-state index contributed by atoms with van der Waals surface area (Å²) in [4.78, 5) is 22.3. The van der Waals surface area contributed by atoms with E-state index in [9.17, 15) is 14.9 Å². The smallest absolute Gasteiger partial charge is 0.293 e. The van der Waals surface area contributed by atoms with Gasteiger partial charge in [-0.25, -0.2) is 0 Å². The van der Waals surface area contributed by atoms with Gasteiger partial charge in [0.15, 0.2) is 0 Å². The standard InChI is InChI=1S/C13H19N3O4/c1-3-6-15-13(17)10-4-5-11(14-7-8-20-2)12(9-10)16(18)19/h4-5,9,14H,3,6-8H2,1-2H3,(H,15,17). The van der Waals surface area contributed by atoms with Gasteiger partial charge in [0.25, 0.3) is 11.6 Å². The van der Waals surface area contributed by atoms with Crippen molar-refractivity contribution < 1.29 is 14.5 Å². The van der Waals surface area contributed by atoms with Gasteiger partial charge in [-0.2, -0.15) is 0 Å². The first kappa shape index (κ1) is 15.9. The molecule has 1 rings (SSSR count). The molecule has 110 valence electrons. The van der Waals surface area contributed by atoms with E-state index in [4.69, 9.17) is 4.74 Å². The molecule has 1 aromatic rings. The minimum absolute atomic E-state index is 0.120. The van der Waals surface area contributed by atoms with Crippen molar-refractivity contribution >= 4 is 17.3 Å². The summed E-state index contributed by atoms with van der Waals surface area (Å²) in [6, 6.07) is 4.38. The number of hydrogen-bond donors (Lipinski definition) is 2. The van der Waals surface area contributed by atoms with Gasteiger partial charge < -0.3 is 15.4 Å². The van der Waals surface area contributed by atoms with Gasteiger partial charge in [0.1, 0.15) is 5.69 Å². The summed E-state index contributed by atoms with van der Waals surface area (Å²) < 4.78 is 4.87. The summed E-state index contributed by atoms with van der Waals surface area (Å²) in [5, 5.41) is 16.6. The molecule has 0 bridgehead atoms. The van der Waals surface area contributed by atoms with Crippen LogP contribution >= 0.6 is 0 Å². The maximum absolute atomic E-state index is 11.8. The van der Waals surface area contributed by atoms with Crippen LogP contribution in [-0.4, -0.2) is 37.6 Å². The first-order valence-corrected chi connectivity index (χ1v) is 6.39. The molecule has 0 aromatic heterocycles. The SMILES string of the molecule is CCCNC(=O)c1ccc(NCCOC)c([N+](=O)[O-])c1. The Kier molecular flexibility index (Phi) is 6.45. The number of nitro benzene ring substituents is 1. The van der Waals surface area contributed by atoms with Crippen LogP contribution in [0, 0.1) is 10.1 Å². The first-order chi connectivity index (χ1) is 9.60. The molecule has 0 fully saturated rings. The predicted molar refractivity (Wildman–Crippen MR) is 76.1 cm³/mol. The highest BCUT2D eigenvalue weighted by Gasteiger charge is 2.17. The molecule has 0 saturated heterocycles. The second-order valence-electron chi connectivity index (χ2n) is 4.16. The van der Waals surface area contributed by atoms with Gasteiger partial charge in [-0.1, -0.05) is 6.92 Å². The third-order valence-electron chi connectivity index (χ3n) is 2.61. The predicted octanol–water partition coefficient (Wildman–Crippen LogP) is 1.79. The van der Waals surface area contributed by atoms with E-state index in [1.54, 1.807) is 13.2 Å². The minimum Gasteiger partial charge on any atom is -0.383 e. The number of nitrogens with one attached hydrogen (secondary N) is 2. The van der Waals surface area contributed by atoms with E-state index in [-0.39, 0.29) is 17.2 Å². The Bertz CT molecular complexity index is 477. The normalized spacial score (nSPS) is 10.1. The first-order valence-electron chi connectivity index (χ1n) is 6.39. The van der Waals surface area contributed by atoms with Crippen molar-refractivity contribution in [2.45, 2.75) is 13.3 Å². The summed E-state index contributed by atoms with van der Waals surface area (Å²) in [7, 11) is 1.55. The maximum atomic E-state index is 11.8. The highest BCUT2D eigenvalue weighted by atomic mass is 16.6. The number of amides is 1. The summed E-state index contributed by atoms with van der Waals surface area (Å²) in [6.45, 7) is 3.38. The molecule has 0 atom stereocenters. The lowest BCUT2D eigenvalue weighted by Crippen LogP contribution is -2.24. The third-order valence-corrected chi connectivity index (χ3v) is 2.61. The molecule has 0 saturated carbocycles. The molecule has 7 nitrogen and oxygen atoms in total. The van der Waals surface area contributed by atoms with Crippen LogP contribution in [0.15, 0.2) is 18.2 Å². The van der Waals surface area contributed by atoms with Gasteiger partial charge in [0.05, 0.1) is 11.5 Å². The fraction of sp³-hybridized carbons (Fsp3) is 0.462. The molecule has 7 heteroatoms. The van der Waals surface area contributed by atoms with E-state index in [0.717, 1.165) is 6.42 Å². The van der Waals surface area contributed by atoms with Crippen molar-refractivity contribution in [3.63, 3.8) is 0 Å². The number of methoxy groups -OCH3 is 1. The Balaban J connectivity index is 2.89. The lowest BCUT2D eigenvalue weighted by molar-refractivity contribution is -0.384. The van der Waals surface area contributed by atoms with Crippen LogP contribution in [0.5, 0.6) is 0 Å². The Hall–Kier alpha value is -2.15. The van der Waals surface area contributed by atoms with Crippen molar-refractivity contribution in [1.82, 2.24) is 5.32 Å². The fourth-order valence-electron chi connectivity index (χ4n) is 1.60. The Labute approximate surface area is 117 Å². The van der Waals surface area contributed by atoms with Gasteiger partial charge in [-0.3, -0.25) is 14.9 Å². The third kappa shape index (κ3) is 4.51. The Morgan fingerprint density at radius 1 is 1.40 bits per heavy atom. The lowest BCUT2D eigenvalue weighted by atomic mass is 10.1. The molecular weight excluding hydrogens is 262 g/mol. The number of benzene rings is 1. The molecule has 1 amide bonds. The van der Waals surface area contributed by atoms with Crippen molar-refractivity contribution in [2.24, 2.45) is 0 Å². The largest absolute Gasteiger partial charge is 0.383 e. The Morgan fingerprint density at radius 3 is 2.75 bits per heavy atom. The molecule has 0 aliphatic carbocycles. The second kappa shape index (κ2) is 8.11. The number of nitro groups is 1. The zero-order chi connectivity index (χ0) is 15.0. The molecule has 20 heavy (non-hydrogen) atoms. The minimum atomic E-state index is -0.508. The van der Waals surface area contributed by atoms with Crippen molar-refractivity contribution in [2.75, 3.05) is 32.1 Å². The number of nitrogens with zero attached hydrogens (tertiary/aromatic N) is 1. The highest BCUT2D eigenvalue weighted by molar-refractivity contribution is 5.95. The van der Waals surface area contributed by atoms with Crippen LogP contribution in [0.4, 0.5) is 11.4 Å². The van der Waals surface area contributed by atoms with Crippen molar-refractivity contribution in [3.8, 4) is 0 Å². The quantitative estimate of drug-likeness (QED) is 0.430. The zero-order valence-electron chi connectivity index (χ0n) is 11.6. The van der Waals surface area contributed by atoms with E-state index >= 15 is 0 Å². The average Bonchev–Trinajstić information content (AvgIpc) is 2.45. The molecular formula is C13H19N3O4. The van der Waals surface area contributed by atoms with Crippen LogP contribution in [0.3, 0.4) is 0 Å². The summed E-state index contributed by atoms with van der Waals surface area (Å²) >= 11 is 0. The van der Waals surface area contributed by atoms with Crippen LogP contribution in [0.2, 0.25) is 0 Å². The van der Waals surface area contributed by atoms with Gasteiger partial charge in [0.2, 0.25) is 0 Å². The molecule has 0 radical (unpaired) electrons. The summed E-state index contributed by atoms with van der Waals surface area (Å²) in [6.07, 6.45) is 0.810. The van der Waals surface area contributed by atoms with Crippen LogP contribution in [0.1, 0.15) is 23.7 Å². The van der Waals surface area contributed by atoms with E-state index in [0.29, 0.717) is 25.4 Å². The lowest BCUT2D eigenvalue weighted by Gasteiger charge is -2.08. The Morgan fingerprint density at radius 2 is 2.15 bits per heavy atom. The highest BCUT2D eigenvalue weighted by Crippen LogP contribution is 2.25. The van der Waals surface area contributed by atoms with E-state index in [2.05, 4.69) is 10.6 Å². The van der Waals surface area contributed by atoms with E-state index < -0.39 is 4.92 Å². The average molecular weight is 281 g/mol. The molecule has 0 aliphatic heterocycles. The zero-order valence-corrected chi connectivity index (χ0v) is 11.6. The van der Waals surface area contributed by atoms with Crippen molar-refractivity contribution in [3.05, 3.63) is 33.9 Å². The van der Waals surface area contributed by atoms with Gasteiger partial charge in [-0.05, 0) is 18.6 Å². The number of carbonyl (C=O) groups is 1. The molecule has 0 unspecified atom stereocenters. The topological polar surface area (TPSA) is 93.5 Å². The maximum Gasteiger partial charge on any atom is 0.293 e. The second-order valence-corrected chi connectivity index (χ2v) is 4.16. The molecule has 2 N–H and O–H groups in total. The van der Waals surface area contributed by atoms with E-state index in [1.807, 2.05) is 6.92 Å². The number of anilines is 1. The number of carbonyl (C=O) groups excluding carboxylic acids is 1. The number of ether oxygens (including phenoxy) is 1. The summed E-state index contributed by atoms with van der Waals surface area (Å²) in [5.41, 5.74) is 0.534. The van der Waals surface area contributed by atoms with Crippen LogP contribution in [-0.2, 0) is 4.74 Å². The van der Waals surface area contributed by atoms with Crippen molar-refractivity contribution in [1.29, 1.82) is 0 Å². The van der Waals surface area contributed by atoms with Crippen LogP contribution < -0.4 is 10.6 Å².